The number of Topliss-reactive ketones (excluding diaryl/α,β-unsaturated/α-hetero) is 3. The number of carbonyl (C=O) groups excluding carboxylic acids is 3. The summed E-state index contributed by atoms with van der Waals surface area (Å²) in [5, 5.41) is 42.8. The van der Waals surface area contributed by atoms with Crippen molar-refractivity contribution in [3.8, 4) is 5.75 Å². The number of carbonyl (C=O) groups is 3. The fourth-order valence-electron chi connectivity index (χ4n) is 5.66. The molecule has 2 fully saturated rings. The lowest BCUT2D eigenvalue weighted by Gasteiger charge is -2.55. The van der Waals surface area contributed by atoms with Gasteiger partial charge in [0.1, 0.15) is 11.4 Å². The van der Waals surface area contributed by atoms with Crippen molar-refractivity contribution in [3.05, 3.63) is 52.6 Å². The van der Waals surface area contributed by atoms with Crippen LogP contribution in [-0.2, 0) is 14.3 Å². The molecule has 4 aliphatic rings. The second kappa shape index (κ2) is 7.40. The standard InChI is InChI=1S/C25H26O9/c1-12-15(26)6-7-18(33-12)34-25-17(28)10-23(2,31)11-24(25,32)9-8-14-20(25)22(30)13-4-3-5-16(27)19(13)21(14)29/h3-5,8-9,12,15,18,26-27,31-32H,6-7,10-11H2,1-2H3/t12-,15-,18-,23+,24-,25-/m1/s1. The Labute approximate surface area is 195 Å². The SMILES string of the molecule is C[C@H]1O[C@H](O[C@@]23C(=O)C[C@](C)(O)C[C@]2(O)C=CC2=C3C(=O)c3cccc(O)c3C2=O)CC[C@H]1O. The second-order valence-electron chi connectivity index (χ2n) is 9.89. The zero-order chi connectivity index (χ0) is 24.6. The number of hydrogen-bond donors (Lipinski definition) is 4. The van der Waals surface area contributed by atoms with E-state index in [9.17, 15) is 34.8 Å². The molecule has 0 bridgehead atoms. The summed E-state index contributed by atoms with van der Waals surface area (Å²) in [6, 6.07) is 4.06. The summed E-state index contributed by atoms with van der Waals surface area (Å²) in [6.45, 7) is 3.04. The number of allylic oxidation sites excluding steroid dienone is 2. The highest BCUT2D eigenvalue weighted by Crippen LogP contribution is 2.53. The van der Waals surface area contributed by atoms with Crippen molar-refractivity contribution < 1.29 is 44.3 Å². The van der Waals surface area contributed by atoms with Gasteiger partial charge in [0.25, 0.3) is 0 Å². The molecule has 3 aliphatic carbocycles. The minimum Gasteiger partial charge on any atom is -0.507 e. The molecule has 0 aromatic heterocycles. The summed E-state index contributed by atoms with van der Waals surface area (Å²) in [7, 11) is 0. The van der Waals surface area contributed by atoms with Gasteiger partial charge in [-0.25, -0.2) is 0 Å². The van der Waals surface area contributed by atoms with Crippen molar-refractivity contribution in [3.63, 3.8) is 0 Å². The Bertz CT molecular complexity index is 1180. The van der Waals surface area contributed by atoms with Crippen LogP contribution in [0.5, 0.6) is 5.75 Å². The molecule has 1 aromatic carbocycles. The first-order valence-electron chi connectivity index (χ1n) is 11.2. The van der Waals surface area contributed by atoms with Crippen molar-refractivity contribution in [2.75, 3.05) is 0 Å². The third-order valence-electron chi connectivity index (χ3n) is 7.24. The zero-order valence-electron chi connectivity index (χ0n) is 18.8. The van der Waals surface area contributed by atoms with Gasteiger partial charge >= 0.3 is 0 Å². The molecule has 1 aliphatic heterocycles. The van der Waals surface area contributed by atoms with Crippen LogP contribution in [0.3, 0.4) is 0 Å². The van der Waals surface area contributed by atoms with Gasteiger partial charge in [0, 0.05) is 30.4 Å². The van der Waals surface area contributed by atoms with Gasteiger partial charge in [-0.1, -0.05) is 18.2 Å². The second-order valence-corrected chi connectivity index (χ2v) is 9.89. The molecule has 9 nitrogen and oxygen atoms in total. The van der Waals surface area contributed by atoms with Crippen LogP contribution in [0.15, 0.2) is 41.5 Å². The molecular weight excluding hydrogens is 444 g/mol. The first kappa shape index (κ1) is 23.1. The van der Waals surface area contributed by atoms with E-state index >= 15 is 0 Å². The largest absolute Gasteiger partial charge is 0.507 e. The van der Waals surface area contributed by atoms with Gasteiger partial charge in [-0.3, -0.25) is 14.4 Å². The van der Waals surface area contributed by atoms with Crippen LogP contribution >= 0.6 is 0 Å². The van der Waals surface area contributed by atoms with Crippen molar-refractivity contribution in [1.29, 1.82) is 0 Å². The topological polar surface area (TPSA) is 151 Å². The lowest BCUT2D eigenvalue weighted by Crippen LogP contribution is -2.71. The summed E-state index contributed by atoms with van der Waals surface area (Å²) in [4.78, 5) is 40.9. The number of aliphatic hydroxyl groups excluding tert-OH is 1. The molecule has 34 heavy (non-hydrogen) atoms. The maximum Gasteiger partial charge on any atom is 0.198 e. The van der Waals surface area contributed by atoms with E-state index in [0.29, 0.717) is 6.42 Å². The number of rotatable bonds is 2. The molecule has 4 N–H and O–H groups in total. The average molecular weight is 470 g/mol. The Morgan fingerprint density at radius 1 is 1.12 bits per heavy atom. The Morgan fingerprint density at radius 3 is 2.56 bits per heavy atom. The van der Waals surface area contributed by atoms with Crippen LogP contribution in [0.2, 0.25) is 0 Å². The zero-order valence-corrected chi connectivity index (χ0v) is 18.8. The normalized spacial score (nSPS) is 39.6. The molecule has 0 amide bonds. The van der Waals surface area contributed by atoms with E-state index in [4.69, 9.17) is 9.47 Å². The van der Waals surface area contributed by atoms with Crippen LogP contribution in [0.25, 0.3) is 0 Å². The van der Waals surface area contributed by atoms with Crippen LogP contribution in [-0.4, -0.2) is 73.1 Å². The molecule has 0 unspecified atom stereocenters. The molecule has 6 atom stereocenters. The first-order valence-corrected chi connectivity index (χ1v) is 11.2. The van der Waals surface area contributed by atoms with Crippen molar-refractivity contribution in [2.24, 2.45) is 0 Å². The predicted octanol–water partition coefficient (Wildman–Crippen LogP) is 1.12. The smallest absolute Gasteiger partial charge is 0.198 e. The molecule has 0 radical (unpaired) electrons. The molecule has 0 spiro atoms. The van der Waals surface area contributed by atoms with Gasteiger partial charge in [-0.05, 0) is 32.4 Å². The molecule has 5 rings (SSSR count). The fourth-order valence-corrected chi connectivity index (χ4v) is 5.66. The van der Waals surface area contributed by atoms with E-state index in [1.165, 1.54) is 37.3 Å². The highest BCUT2D eigenvalue weighted by Gasteiger charge is 2.68. The molecule has 1 saturated carbocycles. The summed E-state index contributed by atoms with van der Waals surface area (Å²) < 4.78 is 11.9. The Morgan fingerprint density at radius 2 is 1.85 bits per heavy atom. The Kier molecular flexibility index (Phi) is 5.02. The summed E-state index contributed by atoms with van der Waals surface area (Å²) in [6.07, 6.45) is -0.268. The van der Waals surface area contributed by atoms with Gasteiger partial charge in [-0.15, -0.1) is 0 Å². The highest BCUT2D eigenvalue weighted by molar-refractivity contribution is 6.31. The number of aliphatic hydroxyl groups is 3. The Hall–Kier alpha value is -2.69. The summed E-state index contributed by atoms with van der Waals surface area (Å²) >= 11 is 0. The predicted molar refractivity (Wildman–Crippen MR) is 116 cm³/mol. The minimum atomic E-state index is -2.32. The van der Waals surface area contributed by atoms with Gasteiger partial charge in [0.05, 0.1) is 28.9 Å². The third-order valence-corrected chi connectivity index (χ3v) is 7.24. The quantitative estimate of drug-likeness (QED) is 0.498. The van der Waals surface area contributed by atoms with E-state index in [0.717, 1.165) is 0 Å². The molecule has 1 aromatic rings. The molecule has 180 valence electrons. The number of benzene rings is 1. The van der Waals surface area contributed by atoms with Crippen LogP contribution < -0.4 is 0 Å². The van der Waals surface area contributed by atoms with E-state index in [1.807, 2.05) is 0 Å². The van der Waals surface area contributed by atoms with Crippen LogP contribution in [0, 0.1) is 0 Å². The van der Waals surface area contributed by atoms with Gasteiger partial charge in [0.15, 0.2) is 29.2 Å². The summed E-state index contributed by atoms with van der Waals surface area (Å²) in [5.74, 6) is -2.55. The number of ketones is 3. The van der Waals surface area contributed by atoms with Gasteiger partial charge in [-0.2, -0.15) is 0 Å². The van der Waals surface area contributed by atoms with Crippen molar-refractivity contribution in [2.45, 2.75) is 74.8 Å². The maximum atomic E-state index is 13.8. The fraction of sp³-hybridized carbons (Fsp3) is 0.480. The van der Waals surface area contributed by atoms with Crippen LogP contribution in [0.1, 0.15) is 60.2 Å². The van der Waals surface area contributed by atoms with Crippen LogP contribution in [0.4, 0.5) is 0 Å². The van der Waals surface area contributed by atoms with E-state index < -0.39 is 59.1 Å². The Balaban J connectivity index is 1.71. The number of phenolic OH excluding ortho intramolecular Hbond substituents is 1. The van der Waals surface area contributed by atoms with Gasteiger partial charge in [0.2, 0.25) is 0 Å². The van der Waals surface area contributed by atoms with E-state index in [2.05, 4.69) is 0 Å². The number of ether oxygens (including phenoxy) is 2. The number of fused-ring (bicyclic) bond motifs is 3. The lowest BCUT2D eigenvalue weighted by atomic mass is 9.57. The monoisotopic (exact) mass is 470 g/mol. The van der Waals surface area contributed by atoms with E-state index in [-0.39, 0.29) is 40.9 Å². The summed E-state index contributed by atoms with van der Waals surface area (Å²) in [5.41, 5.74) is -6.85. The minimum absolute atomic E-state index is 0.108. The molecule has 9 heteroatoms. The number of aromatic hydroxyl groups is 1. The maximum absolute atomic E-state index is 13.8. The molecule has 1 heterocycles. The van der Waals surface area contributed by atoms with Crippen molar-refractivity contribution in [1.82, 2.24) is 0 Å². The van der Waals surface area contributed by atoms with E-state index in [1.54, 1.807) is 6.92 Å². The number of phenols is 1. The lowest BCUT2D eigenvalue weighted by molar-refractivity contribution is -0.282. The van der Waals surface area contributed by atoms with Crippen molar-refractivity contribution >= 4 is 17.3 Å². The third kappa shape index (κ3) is 3.08. The first-order chi connectivity index (χ1) is 15.9. The highest BCUT2D eigenvalue weighted by atomic mass is 16.7. The number of hydrogen-bond acceptors (Lipinski definition) is 9. The average Bonchev–Trinajstić information content (AvgIpc) is 2.74. The molecular formula is C25H26O9. The molecule has 1 saturated heterocycles. The van der Waals surface area contributed by atoms with Gasteiger partial charge < -0.3 is 29.9 Å².